The largest absolute Gasteiger partial charge is 1.00 e. The van der Waals surface area contributed by atoms with Gasteiger partial charge in [-0.1, -0.05) is 0 Å². The van der Waals surface area contributed by atoms with Gasteiger partial charge in [-0.25, -0.2) is 4.98 Å². The summed E-state index contributed by atoms with van der Waals surface area (Å²) >= 11 is 0. The molecule has 7 nitrogen and oxygen atoms in total. The number of carboxylic acids is 1. The predicted octanol–water partition coefficient (Wildman–Crippen LogP) is -2.45. The van der Waals surface area contributed by atoms with Crippen molar-refractivity contribution in [3.05, 3.63) is 29.9 Å². The predicted molar refractivity (Wildman–Crippen MR) is 56.4 cm³/mol. The van der Waals surface area contributed by atoms with Crippen LogP contribution in [0.1, 0.15) is 16.2 Å². The van der Waals surface area contributed by atoms with Crippen LogP contribution in [0.3, 0.4) is 0 Å². The van der Waals surface area contributed by atoms with E-state index in [1.807, 2.05) is 0 Å². The van der Waals surface area contributed by atoms with Crippen LogP contribution < -0.4 is 24.0 Å². The summed E-state index contributed by atoms with van der Waals surface area (Å²) < 4.78 is 10.3. The quantitative estimate of drug-likeness (QED) is 0.465. The Kier molecular flexibility index (Phi) is 3.42. The molecule has 3 rings (SSSR count). The van der Waals surface area contributed by atoms with Crippen LogP contribution >= 0.6 is 0 Å². The molecule has 3 heterocycles. The fourth-order valence-electron chi connectivity index (χ4n) is 1.62. The second-order valence-corrected chi connectivity index (χ2v) is 3.60. The summed E-state index contributed by atoms with van der Waals surface area (Å²) in [4.78, 5) is 15.2. The van der Waals surface area contributed by atoms with Crippen LogP contribution in [-0.2, 0) is 0 Å². The number of rotatable bonds is 2. The first-order chi connectivity index (χ1) is 8.65. The molecule has 0 aromatic carbocycles. The molecule has 0 bridgehead atoms. The van der Waals surface area contributed by atoms with E-state index in [0.717, 1.165) is 0 Å². The van der Waals surface area contributed by atoms with Gasteiger partial charge in [0.1, 0.15) is 11.2 Å². The zero-order chi connectivity index (χ0) is 12.7. The molecule has 0 unspecified atom stereocenters. The fraction of sp³-hybridized carbons (Fsp3) is 0.0909. The molecule has 0 aliphatic rings. The first-order valence-corrected chi connectivity index (χ1v) is 5.05. The minimum absolute atomic E-state index is 0. The number of aromatic carboxylic acids is 1. The maximum Gasteiger partial charge on any atom is 1.00 e. The second-order valence-electron chi connectivity index (χ2n) is 3.60. The maximum atomic E-state index is 11.0. The third-order valence-electron chi connectivity index (χ3n) is 2.38. The molecule has 0 fully saturated rings. The number of aromatic nitrogens is 3. The van der Waals surface area contributed by atoms with Crippen molar-refractivity contribution in [3.63, 3.8) is 0 Å². The van der Waals surface area contributed by atoms with Crippen LogP contribution in [0.2, 0.25) is 0 Å². The number of hydrogen-bond donors (Lipinski definition) is 0. The number of pyridine rings is 1. The molecule has 0 N–H and O–H groups in total. The Morgan fingerprint density at radius 2 is 2.16 bits per heavy atom. The number of carbonyl (C=O) groups is 1. The van der Waals surface area contributed by atoms with E-state index in [-0.39, 0.29) is 41.6 Å². The molecule has 0 aliphatic carbocycles. The summed E-state index contributed by atoms with van der Waals surface area (Å²) in [5.41, 5.74) is 0.720. The molecule has 0 radical (unpaired) electrons. The number of aryl methyl sites for hydroxylation is 1. The molecule has 8 heteroatoms. The van der Waals surface area contributed by atoms with Crippen LogP contribution in [0.4, 0.5) is 0 Å². The van der Waals surface area contributed by atoms with Crippen molar-refractivity contribution in [1.82, 2.24) is 15.2 Å². The molecule has 19 heavy (non-hydrogen) atoms. The first-order valence-electron chi connectivity index (χ1n) is 5.05. The molecular formula is C11H6LiN3O4. The summed E-state index contributed by atoms with van der Waals surface area (Å²) in [6.45, 7) is 1.63. The third-order valence-corrected chi connectivity index (χ3v) is 2.38. The Hall–Kier alpha value is -2.10. The smallest absolute Gasteiger partial charge is 0.545 e. The van der Waals surface area contributed by atoms with Gasteiger partial charge in [-0.15, -0.1) is 10.2 Å². The van der Waals surface area contributed by atoms with Gasteiger partial charge in [0.2, 0.25) is 5.89 Å². The summed E-state index contributed by atoms with van der Waals surface area (Å²) in [7, 11) is 0. The topological polar surface area (TPSA) is 105 Å². The standard InChI is InChI=1S/C11H7N3O4.Li/c1-5-13-14-10(18-5)8-4-6(11(15)16)9-7(12-8)2-3-17-9;/h2-4H,1H3,(H,15,16);/q;+1/p-1. The van der Waals surface area contributed by atoms with Crippen LogP contribution in [-0.4, -0.2) is 21.2 Å². The molecule has 3 aromatic heterocycles. The van der Waals surface area contributed by atoms with Crippen molar-refractivity contribution < 1.29 is 37.6 Å². The number of carboxylic acid groups (broad SMARTS) is 1. The van der Waals surface area contributed by atoms with Crippen molar-refractivity contribution in [3.8, 4) is 11.6 Å². The summed E-state index contributed by atoms with van der Waals surface area (Å²) in [5.74, 6) is -0.831. The SMILES string of the molecule is Cc1nnc(-c2cc(C(=O)[O-])c3occc3n2)o1.[Li+]. The molecule has 0 amide bonds. The number of nitrogens with zero attached hydrogens (tertiary/aromatic N) is 3. The van der Waals surface area contributed by atoms with E-state index in [9.17, 15) is 9.90 Å². The Morgan fingerprint density at radius 3 is 2.79 bits per heavy atom. The zero-order valence-electron chi connectivity index (χ0n) is 10.2. The molecule has 0 saturated carbocycles. The van der Waals surface area contributed by atoms with Crippen molar-refractivity contribution in [1.29, 1.82) is 0 Å². The number of carbonyl (C=O) groups excluding carboxylic acids is 1. The van der Waals surface area contributed by atoms with E-state index >= 15 is 0 Å². The van der Waals surface area contributed by atoms with Gasteiger partial charge < -0.3 is 18.7 Å². The number of hydrogen-bond acceptors (Lipinski definition) is 7. The number of furan rings is 1. The first kappa shape index (κ1) is 13.3. The normalized spacial score (nSPS) is 10.4. The van der Waals surface area contributed by atoms with Gasteiger partial charge in [-0.05, 0) is 6.07 Å². The molecule has 90 valence electrons. The maximum absolute atomic E-state index is 11.0. The Bertz CT molecular complexity index is 749. The van der Waals surface area contributed by atoms with Gasteiger partial charge in [0.25, 0.3) is 5.89 Å². The van der Waals surface area contributed by atoms with Crippen molar-refractivity contribution in [2.75, 3.05) is 0 Å². The monoisotopic (exact) mass is 251 g/mol. The Balaban J connectivity index is 0.00000133. The van der Waals surface area contributed by atoms with Crippen molar-refractivity contribution in [2.24, 2.45) is 0 Å². The van der Waals surface area contributed by atoms with Gasteiger partial charge in [0, 0.05) is 18.6 Å². The summed E-state index contributed by atoms with van der Waals surface area (Å²) in [6.07, 6.45) is 1.35. The van der Waals surface area contributed by atoms with E-state index in [4.69, 9.17) is 8.83 Å². The average molecular weight is 251 g/mol. The molecule has 0 aliphatic heterocycles. The van der Waals surface area contributed by atoms with E-state index in [1.165, 1.54) is 12.3 Å². The van der Waals surface area contributed by atoms with E-state index in [1.54, 1.807) is 13.0 Å². The molecule has 0 spiro atoms. The van der Waals surface area contributed by atoms with Gasteiger partial charge >= 0.3 is 18.9 Å². The summed E-state index contributed by atoms with van der Waals surface area (Å²) in [5, 5.41) is 18.5. The van der Waals surface area contributed by atoms with Crippen LogP contribution in [0.25, 0.3) is 22.7 Å². The Labute approximate surface area is 118 Å². The van der Waals surface area contributed by atoms with E-state index in [0.29, 0.717) is 11.4 Å². The van der Waals surface area contributed by atoms with Crippen molar-refractivity contribution >= 4 is 17.1 Å². The molecule has 0 saturated heterocycles. The van der Waals surface area contributed by atoms with Crippen LogP contribution in [0, 0.1) is 6.92 Å². The van der Waals surface area contributed by atoms with Crippen LogP contribution in [0.15, 0.2) is 27.2 Å². The molecule has 3 aromatic rings. The summed E-state index contributed by atoms with van der Waals surface area (Å²) in [6, 6.07) is 2.84. The minimum atomic E-state index is -1.35. The molecular weight excluding hydrogens is 245 g/mol. The van der Waals surface area contributed by atoms with Crippen LogP contribution in [0.5, 0.6) is 0 Å². The minimum Gasteiger partial charge on any atom is -0.545 e. The number of fused-ring (bicyclic) bond motifs is 1. The third kappa shape index (κ3) is 2.26. The van der Waals surface area contributed by atoms with Gasteiger partial charge in [-0.2, -0.15) is 0 Å². The van der Waals surface area contributed by atoms with E-state index < -0.39 is 5.97 Å². The zero-order valence-corrected chi connectivity index (χ0v) is 10.2. The van der Waals surface area contributed by atoms with E-state index in [2.05, 4.69) is 15.2 Å². The average Bonchev–Trinajstić information content (AvgIpc) is 2.95. The second kappa shape index (κ2) is 4.88. The van der Waals surface area contributed by atoms with Gasteiger partial charge in [0.15, 0.2) is 5.58 Å². The van der Waals surface area contributed by atoms with Crippen molar-refractivity contribution in [2.45, 2.75) is 6.92 Å². The van der Waals surface area contributed by atoms with Gasteiger partial charge in [0.05, 0.1) is 12.2 Å². The molecule has 0 atom stereocenters. The fourth-order valence-corrected chi connectivity index (χ4v) is 1.62. The van der Waals surface area contributed by atoms with Gasteiger partial charge in [-0.3, -0.25) is 0 Å². The Morgan fingerprint density at radius 1 is 1.37 bits per heavy atom.